The van der Waals surface area contributed by atoms with Gasteiger partial charge in [0.25, 0.3) is 0 Å². The van der Waals surface area contributed by atoms with Crippen molar-refractivity contribution in [1.29, 1.82) is 0 Å². The highest BCUT2D eigenvalue weighted by Gasteiger charge is 2.16. The summed E-state index contributed by atoms with van der Waals surface area (Å²) in [5.74, 6) is 1.88. The summed E-state index contributed by atoms with van der Waals surface area (Å²) in [6, 6.07) is 5.39. The molecule has 2 rings (SSSR count). The van der Waals surface area contributed by atoms with E-state index in [9.17, 15) is 4.79 Å². The van der Waals surface area contributed by atoms with Crippen LogP contribution in [0.4, 0.5) is 5.69 Å². The Hall–Kier alpha value is -1.79. The molecule has 0 aromatic heterocycles. The molecule has 0 bridgehead atoms. The molecule has 1 fully saturated rings. The molecule has 6 heteroatoms. The van der Waals surface area contributed by atoms with Crippen molar-refractivity contribution in [3.05, 3.63) is 18.2 Å². The zero-order chi connectivity index (χ0) is 16.5. The van der Waals surface area contributed by atoms with Crippen LogP contribution in [0.1, 0.15) is 19.3 Å². The Morgan fingerprint density at radius 1 is 1.30 bits per heavy atom. The smallest absolute Gasteiger partial charge is 0.224 e. The van der Waals surface area contributed by atoms with E-state index in [1.165, 1.54) is 0 Å². The molecule has 1 saturated heterocycles. The van der Waals surface area contributed by atoms with E-state index >= 15 is 0 Å². The molecular weight excluding hydrogens is 296 g/mol. The Kier molecular flexibility index (Phi) is 7.16. The van der Waals surface area contributed by atoms with Crippen LogP contribution < -0.4 is 20.1 Å². The number of anilines is 1. The number of nitrogens with one attached hydrogen (secondary N) is 2. The van der Waals surface area contributed by atoms with Gasteiger partial charge >= 0.3 is 0 Å². The lowest BCUT2D eigenvalue weighted by Crippen LogP contribution is -2.15. The summed E-state index contributed by atoms with van der Waals surface area (Å²) in [6.07, 6.45) is 2.62. The summed E-state index contributed by atoms with van der Waals surface area (Å²) in [6.45, 7) is 3.01. The second-order valence-electron chi connectivity index (χ2n) is 5.65. The van der Waals surface area contributed by atoms with Crippen molar-refractivity contribution in [3.63, 3.8) is 0 Å². The average Bonchev–Trinajstić information content (AvgIpc) is 3.07. The molecule has 1 amide bonds. The van der Waals surface area contributed by atoms with Gasteiger partial charge in [-0.3, -0.25) is 4.79 Å². The molecular formula is C17H26N2O4. The second-order valence-corrected chi connectivity index (χ2v) is 5.65. The molecule has 1 aromatic carbocycles. The Bertz CT molecular complexity index is 501. The number of hydrogen-bond donors (Lipinski definition) is 2. The first kappa shape index (κ1) is 17.6. The maximum atomic E-state index is 12.1. The number of carbonyl (C=O) groups is 1. The SMILES string of the molecule is COCCOc1cc(NC(=O)CCC2CCNC2)ccc1OC. The number of rotatable bonds is 9. The van der Waals surface area contributed by atoms with Crippen LogP contribution in [0.25, 0.3) is 0 Å². The normalized spacial score (nSPS) is 17.0. The van der Waals surface area contributed by atoms with Crippen LogP contribution >= 0.6 is 0 Å². The fourth-order valence-electron chi connectivity index (χ4n) is 2.62. The van der Waals surface area contributed by atoms with Gasteiger partial charge in [0.2, 0.25) is 5.91 Å². The molecule has 0 spiro atoms. The standard InChI is InChI=1S/C17H26N2O4/c1-21-9-10-23-16-11-14(4-5-15(16)22-2)19-17(20)6-3-13-7-8-18-12-13/h4-5,11,13,18H,3,6-10,12H2,1-2H3,(H,19,20). The summed E-state index contributed by atoms with van der Waals surface area (Å²) in [5.41, 5.74) is 0.716. The molecule has 1 aromatic rings. The summed E-state index contributed by atoms with van der Waals surface area (Å²) >= 11 is 0. The van der Waals surface area contributed by atoms with Gasteiger partial charge in [0.05, 0.1) is 13.7 Å². The van der Waals surface area contributed by atoms with Crippen LogP contribution in [0.3, 0.4) is 0 Å². The molecule has 1 aliphatic heterocycles. The van der Waals surface area contributed by atoms with Gasteiger partial charge in [0, 0.05) is 25.3 Å². The van der Waals surface area contributed by atoms with Crippen molar-refractivity contribution in [2.75, 3.05) is 45.8 Å². The van der Waals surface area contributed by atoms with Gasteiger partial charge in [0.1, 0.15) is 6.61 Å². The third-order valence-electron chi connectivity index (χ3n) is 3.93. The van der Waals surface area contributed by atoms with Gasteiger partial charge in [0.15, 0.2) is 11.5 Å². The van der Waals surface area contributed by atoms with Crippen molar-refractivity contribution in [3.8, 4) is 11.5 Å². The average molecular weight is 322 g/mol. The van der Waals surface area contributed by atoms with E-state index in [-0.39, 0.29) is 5.91 Å². The van der Waals surface area contributed by atoms with Crippen molar-refractivity contribution >= 4 is 11.6 Å². The number of hydrogen-bond acceptors (Lipinski definition) is 5. The van der Waals surface area contributed by atoms with Gasteiger partial charge in [-0.1, -0.05) is 0 Å². The summed E-state index contributed by atoms with van der Waals surface area (Å²) in [7, 11) is 3.21. The highest BCUT2D eigenvalue weighted by Crippen LogP contribution is 2.30. The van der Waals surface area contributed by atoms with E-state index in [0.29, 0.717) is 42.7 Å². The Morgan fingerprint density at radius 3 is 2.87 bits per heavy atom. The molecule has 23 heavy (non-hydrogen) atoms. The number of amides is 1. The summed E-state index contributed by atoms with van der Waals surface area (Å²) in [5, 5.41) is 6.24. The van der Waals surface area contributed by atoms with E-state index in [1.54, 1.807) is 26.4 Å². The number of benzene rings is 1. The van der Waals surface area contributed by atoms with Crippen molar-refractivity contribution < 1.29 is 19.0 Å². The third-order valence-corrected chi connectivity index (χ3v) is 3.93. The topological polar surface area (TPSA) is 68.8 Å². The third kappa shape index (κ3) is 5.73. The Labute approximate surface area is 137 Å². The lowest BCUT2D eigenvalue weighted by Gasteiger charge is -2.13. The fourth-order valence-corrected chi connectivity index (χ4v) is 2.62. The van der Waals surface area contributed by atoms with Gasteiger partial charge in [-0.2, -0.15) is 0 Å². The second kappa shape index (κ2) is 9.37. The van der Waals surface area contributed by atoms with Crippen molar-refractivity contribution in [2.24, 2.45) is 5.92 Å². The molecule has 6 nitrogen and oxygen atoms in total. The monoisotopic (exact) mass is 322 g/mol. The number of ether oxygens (including phenoxy) is 3. The largest absolute Gasteiger partial charge is 0.493 e. The molecule has 1 aliphatic rings. The maximum absolute atomic E-state index is 12.1. The highest BCUT2D eigenvalue weighted by molar-refractivity contribution is 5.91. The lowest BCUT2D eigenvalue weighted by atomic mass is 10.0. The van der Waals surface area contributed by atoms with Crippen LogP contribution in [0, 0.1) is 5.92 Å². The predicted octanol–water partition coefficient (Wildman–Crippen LogP) is 2.05. The lowest BCUT2D eigenvalue weighted by molar-refractivity contribution is -0.116. The van der Waals surface area contributed by atoms with Gasteiger partial charge in [-0.25, -0.2) is 0 Å². The molecule has 0 aliphatic carbocycles. The molecule has 2 N–H and O–H groups in total. The fraction of sp³-hybridized carbons (Fsp3) is 0.588. The van der Waals surface area contributed by atoms with Gasteiger partial charge in [-0.05, 0) is 44.0 Å². The number of carbonyl (C=O) groups excluding carboxylic acids is 1. The quantitative estimate of drug-likeness (QED) is 0.681. The van der Waals surface area contributed by atoms with E-state index < -0.39 is 0 Å². The van der Waals surface area contributed by atoms with Crippen LogP contribution in [-0.2, 0) is 9.53 Å². The summed E-state index contributed by atoms with van der Waals surface area (Å²) in [4.78, 5) is 12.1. The van der Waals surface area contributed by atoms with E-state index in [1.807, 2.05) is 6.07 Å². The van der Waals surface area contributed by atoms with Crippen LogP contribution in [0.5, 0.6) is 11.5 Å². The van der Waals surface area contributed by atoms with E-state index in [2.05, 4.69) is 10.6 Å². The Balaban J connectivity index is 1.87. The molecule has 0 saturated carbocycles. The van der Waals surface area contributed by atoms with Crippen LogP contribution in [-0.4, -0.2) is 46.4 Å². The van der Waals surface area contributed by atoms with Gasteiger partial charge < -0.3 is 24.8 Å². The van der Waals surface area contributed by atoms with Crippen molar-refractivity contribution in [2.45, 2.75) is 19.3 Å². The molecule has 1 heterocycles. The minimum atomic E-state index is 0.0323. The van der Waals surface area contributed by atoms with Crippen molar-refractivity contribution in [1.82, 2.24) is 5.32 Å². The molecule has 128 valence electrons. The predicted molar refractivity (Wildman–Crippen MR) is 89.2 cm³/mol. The first-order valence-electron chi connectivity index (χ1n) is 8.03. The first-order chi connectivity index (χ1) is 11.2. The zero-order valence-corrected chi connectivity index (χ0v) is 13.9. The first-order valence-corrected chi connectivity index (χ1v) is 8.03. The maximum Gasteiger partial charge on any atom is 0.224 e. The number of methoxy groups -OCH3 is 2. The van der Waals surface area contributed by atoms with Crippen LogP contribution in [0.2, 0.25) is 0 Å². The minimum Gasteiger partial charge on any atom is -0.493 e. The molecule has 1 unspecified atom stereocenters. The zero-order valence-electron chi connectivity index (χ0n) is 13.9. The van der Waals surface area contributed by atoms with Crippen LogP contribution in [0.15, 0.2) is 18.2 Å². The molecule has 0 radical (unpaired) electrons. The summed E-state index contributed by atoms with van der Waals surface area (Å²) < 4.78 is 15.9. The van der Waals surface area contributed by atoms with E-state index in [0.717, 1.165) is 25.9 Å². The van der Waals surface area contributed by atoms with Gasteiger partial charge in [-0.15, -0.1) is 0 Å². The highest BCUT2D eigenvalue weighted by atomic mass is 16.5. The molecule has 1 atom stereocenters. The minimum absolute atomic E-state index is 0.0323. The van der Waals surface area contributed by atoms with E-state index in [4.69, 9.17) is 14.2 Å². The Morgan fingerprint density at radius 2 is 2.17 bits per heavy atom.